The highest BCUT2D eigenvalue weighted by molar-refractivity contribution is 6.00. The maximum absolute atomic E-state index is 12.2. The topological polar surface area (TPSA) is 81.6 Å². The van der Waals surface area contributed by atoms with Crippen LogP contribution in [0.5, 0.6) is 5.75 Å². The Morgan fingerprint density at radius 3 is 2.89 bits per heavy atom. The fourth-order valence-corrected chi connectivity index (χ4v) is 2.20. The monoisotopic (exact) mass is 249 g/mol. The van der Waals surface area contributed by atoms with E-state index in [-0.39, 0.29) is 11.9 Å². The molecular formula is C13H19N3O2. The molecule has 0 aliphatic carbocycles. The van der Waals surface area contributed by atoms with E-state index in [2.05, 4.69) is 0 Å². The van der Waals surface area contributed by atoms with Gasteiger partial charge in [0.25, 0.3) is 5.91 Å². The molecule has 0 radical (unpaired) electrons. The minimum Gasteiger partial charge on any atom is -0.479 e. The van der Waals surface area contributed by atoms with Gasteiger partial charge in [-0.05, 0) is 45.0 Å². The summed E-state index contributed by atoms with van der Waals surface area (Å²) in [5, 5.41) is 0. The Morgan fingerprint density at radius 2 is 2.22 bits per heavy atom. The van der Waals surface area contributed by atoms with Crippen molar-refractivity contribution in [3.63, 3.8) is 0 Å². The number of ether oxygens (including phenoxy) is 1. The lowest BCUT2D eigenvalue weighted by molar-refractivity contribution is -0.126. The van der Waals surface area contributed by atoms with Crippen molar-refractivity contribution in [2.75, 3.05) is 17.2 Å². The van der Waals surface area contributed by atoms with Gasteiger partial charge < -0.3 is 21.1 Å². The van der Waals surface area contributed by atoms with E-state index >= 15 is 0 Å². The van der Waals surface area contributed by atoms with Crippen molar-refractivity contribution in [3.8, 4) is 5.75 Å². The Hall–Kier alpha value is -1.75. The van der Waals surface area contributed by atoms with Gasteiger partial charge in [0.1, 0.15) is 5.75 Å². The first-order valence-corrected chi connectivity index (χ1v) is 6.14. The summed E-state index contributed by atoms with van der Waals surface area (Å²) in [5.74, 6) is 0.647. The summed E-state index contributed by atoms with van der Waals surface area (Å²) in [6, 6.07) is 5.38. The molecule has 0 aromatic heterocycles. The number of amides is 1. The molecule has 1 amide bonds. The molecule has 1 aliphatic rings. The van der Waals surface area contributed by atoms with E-state index < -0.39 is 6.10 Å². The lowest BCUT2D eigenvalue weighted by Gasteiger charge is -2.37. The van der Waals surface area contributed by atoms with Crippen LogP contribution in [0, 0.1) is 0 Å². The minimum atomic E-state index is -0.471. The van der Waals surface area contributed by atoms with Gasteiger partial charge in [0.05, 0.1) is 5.69 Å². The molecular weight excluding hydrogens is 230 g/mol. The quantitative estimate of drug-likeness (QED) is 0.786. The predicted molar refractivity (Wildman–Crippen MR) is 71.6 cm³/mol. The van der Waals surface area contributed by atoms with Gasteiger partial charge in [-0.3, -0.25) is 4.79 Å². The summed E-state index contributed by atoms with van der Waals surface area (Å²) in [5.41, 5.74) is 12.7. The smallest absolute Gasteiger partial charge is 0.268 e. The molecule has 1 aromatic carbocycles. The molecule has 1 aromatic rings. The normalized spacial score (nSPS) is 20.3. The maximum atomic E-state index is 12.2. The average Bonchev–Trinajstić information content (AvgIpc) is 2.31. The van der Waals surface area contributed by atoms with Crippen molar-refractivity contribution >= 4 is 17.3 Å². The number of benzene rings is 1. The van der Waals surface area contributed by atoms with Crippen molar-refractivity contribution < 1.29 is 9.53 Å². The second-order valence-corrected chi connectivity index (χ2v) is 4.62. The summed E-state index contributed by atoms with van der Waals surface area (Å²) >= 11 is 0. The van der Waals surface area contributed by atoms with E-state index in [4.69, 9.17) is 16.2 Å². The van der Waals surface area contributed by atoms with Gasteiger partial charge in [-0.2, -0.15) is 0 Å². The average molecular weight is 249 g/mol. The van der Waals surface area contributed by atoms with Crippen LogP contribution in [0.1, 0.15) is 20.3 Å². The zero-order valence-corrected chi connectivity index (χ0v) is 10.7. The second kappa shape index (κ2) is 4.86. The summed E-state index contributed by atoms with van der Waals surface area (Å²) in [6.07, 6.45) is 0.272. The fraction of sp³-hybridized carbons (Fsp3) is 0.462. The van der Waals surface area contributed by atoms with Crippen LogP contribution in [0.15, 0.2) is 18.2 Å². The van der Waals surface area contributed by atoms with E-state index in [0.717, 1.165) is 12.1 Å². The first-order chi connectivity index (χ1) is 8.54. The summed E-state index contributed by atoms with van der Waals surface area (Å²) < 4.78 is 5.58. The standard InChI is InChI=1S/C13H19N3O2/c1-8(5-6-14)16-11-7-10(15)3-4-12(11)18-9(2)13(16)17/h3-4,7-9H,5-6,14-15H2,1-2H3. The number of rotatable bonds is 3. The van der Waals surface area contributed by atoms with Crippen LogP contribution in [0.25, 0.3) is 0 Å². The lowest BCUT2D eigenvalue weighted by Crippen LogP contribution is -2.49. The zero-order valence-electron chi connectivity index (χ0n) is 10.7. The number of carbonyl (C=O) groups is 1. The van der Waals surface area contributed by atoms with Crippen LogP contribution < -0.4 is 21.1 Å². The van der Waals surface area contributed by atoms with Gasteiger partial charge in [-0.25, -0.2) is 0 Å². The Labute approximate surface area is 107 Å². The molecule has 2 atom stereocenters. The van der Waals surface area contributed by atoms with Gasteiger partial charge in [-0.15, -0.1) is 0 Å². The van der Waals surface area contributed by atoms with E-state index in [1.54, 1.807) is 30.0 Å². The molecule has 0 saturated heterocycles. The van der Waals surface area contributed by atoms with Crippen molar-refractivity contribution in [2.45, 2.75) is 32.4 Å². The van der Waals surface area contributed by atoms with Crippen molar-refractivity contribution in [1.82, 2.24) is 0 Å². The molecule has 2 unspecified atom stereocenters. The highest BCUT2D eigenvalue weighted by Gasteiger charge is 2.34. The van der Waals surface area contributed by atoms with Crippen LogP contribution in [0.2, 0.25) is 0 Å². The van der Waals surface area contributed by atoms with Gasteiger partial charge in [0.15, 0.2) is 6.10 Å². The van der Waals surface area contributed by atoms with E-state index in [1.807, 2.05) is 6.92 Å². The molecule has 0 saturated carbocycles. The highest BCUT2D eigenvalue weighted by Crippen LogP contribution is 2.37. The number of anilines is 2. The van der Waals surface area contributed by atoms with Crippen molar-refractivity contribution in [3.05, 3.63) is 18.2 Å². The molecule has 5 nitrogen and oxygen atoms in total. The molecule has 4 N–H and O–H groups in total. The van der Waals surface area contributed by atoms with Crippen LogP contribution >= 0.6 is 0 Å². The number of carbonyl (C=O) groups excluding carboxylic acids is 1. The second-order valence-electron chi connectivity index (χ2n) is 4.62. The highest BCUT2D eigenvalue weighted by atomic mass is 16.5. The first kappa shape index (κ1) is 12.7. The third kappa shape index (κ3) is 2.13. The minimum absolute atomic E-state index is 0.0365. The predicted octanol–water partition coefficient (Wildman–Crippen LogP) is 1.12. The molecule has 1 heterocycles. The molecule has 5 heteroatoms. The lowest BCUT2D eigenvalue weighted by atomic mass is 10.1. The Bertz CT molecular complexity index is 462. The molecule has 0 fully saturated rings. The van der Waals surface area contributed by atoms with Crippen LogP contribution in [0.4, 0.5) is 11.4 Å². The Kier molecular flexibility index (Phi) is 3.43. The zero-order chi connectivity index (χ0) is 13.3. The summed E-state index contributed by atoms with van der Waals surface area (Å²) in [4.78, 5) is 14.0. The largest absolute Gasteiger partial charge is 0.479 e. The maximum Gasteiger partial charge on any atom is 0.268 e. The number of nitrogens with zero attached hydrogens (tertiary/aromatic N) is 1. The van der Waals surface area contributed by atoms with Gasteiger partial charge in [0, 0.05) is 11.7 Å². The number of fused-ring (bicyclic) bond motifs is 1. The van der Waals surface area contributed by atoms with E-state index in [0.29, 0.717) is 18.0 Å². The Morgan fingerprint density at radius 1 is 1.50 bits per heavy atom. The number of hydrogen-bond acceptors (Lipinski definition) is 4. The third-order valence-corrected chi connectivity index (χ3v) is 3.16. The number of hydrogen-bond donors (Lipinski definition) is 2. The van der Waals surface area contributed by atoms with Crippen LogP contribution in [0.3, 0.4) is 0 Å². The summed E-state index contributed by atoms with van der Waals surface area (Å²) in [7, 11) is 0. The number of nitrogen functional groups attached to an aromatic ring is 1. The fourth-order valence-electron chi connectivity index (χ4n) is 2.20. The van der Waals surface area contributed by atoms with Gasteiger partial charge in [-0.1, -0.05) is 0 Å². The SMILES string of the molecule is CC1Oc2ccc(N)cc2N(C(C)CCN)C1=O. The van der Waals surface area contributed by atoms with Gasteiger partial charge >= 0.3 is 0 Å². The van der Waals surface area contributed by atoms with Crippen LogP contribution in [-0.4, -0.2) is 24.6 Å². The van der Waals surface area contributed by atoms with E-state index in [9.17, 15) is 4.79 Å². The molecule has 18 heavy (non-hydrogen) atoms. The van der Waals surface area contributed by atoms with Crippen molar-refractivity contribution in [2.24, 2.45) is 5.73 Å². The molecule has 98 valence electrons. The van der Waals surface area contributed by atoms with Gasteiger partial charge in [0.2, 0.25) is 0 Å². The van der Waals surface area contributed by atoms with Crippen LogP contribution in [-0.2, 0) is 4.79 Å². The first-order valence-electron chi connectivity index (χ1n) is 6.14. The molecule has 1 aliphatic heterocycles. The number of nitrogens with two attached hydrogens (primary N) is 2. The Balaban J connectivity index is 2.43. The molecule has 2 rings (SSSR count). The third-order valence-electron chi connectivity index (χ3n) is 3.16. The molecule has 0 bridgehead atoms. The summed E-state index contributed by atoms with van der Waals surface area (Å²) in [6.45, 7) is 4.28. The van der Waals surface area contributed by atoms with Crippen molar-refractivity contribution in [1.29, 1.82) is 0 Å². The van der Waals surface area contributed by atoms with E-state index in [1.165, 1.54) is 0 Å². The molecule has 0 spiro atoms.